The molecule has 2 unspecified atom stereocenters. The van der Waals surface area contributed by atoms with Crippen molar-refractivity contribution in [2.45, 2.75) is 9.65 Å². The Morgan fingerprint density at radius 2 is 1.55 bits per heavy atom. The normalized spacial score (nSPS) is 13.8. The summed E-state index contributed by atoms with van der Waals surface area (Å²) >= 11 is 12.7. The van der Waals surface area contributed by atoms with Gasteiger partial charge in [-0.15, -0.1) is 0 Å². The molecule has 0 aromatic heterocycles. The molecule has 0 spiro atoms. The molecular weight excluding hydrogens is 410 g/mol. The highest BCUT2D eigenvalue weighted by Crippen LogP contribution is 2.33. The molecule has 0 N–H and O–H groups in total. The number of halogens is 4. The van der Waals surface area contributed by atoms with Crippen molar-refractivity contribution in [3.63, 3.8) is 0 Å². The van der Waals surface area contributed by atoms with Gasteiger partial charge in [0.1, 0.15) is 5.82 Å². The Kier molecular flexibility index (Phi) is 5.35. The molecule has 0 aliphatic heterocycles. The van der Waals surface area contributed by atoms with Gasteiger partial charge in [0.05, 0.1) is 9.65 Å². The average molecular weight is 421 g/mol. The second-order valence-electron chi connectivity index (χ2n) is 4.23. The highest BCUT2D eigenvalue weighted by molar-refractivity contribution is 9.12. The van der Waals surface area contributed by atoms with Crippen LogP contribution in [0.25, 0.3) is 0 Å². The van der Waals surface area contributed by atoms with Crippen LogP contribution in [0.4, 0.5) is 4.39 Å². The van der Waals surface area contributed by atoms with Crippen molar-refractivity contribution in [3.05, 3.63) is 70.5 Å². The summed E-state index contributed by atoms with van der Waals surface area (Å²) in [7, 11) is 0. The van der Waals surface area contributed by atoms with Crippen molar-refractivity contribution >= 4 is 49.2 Å². The lowest BCUT2D eigenvalue weighted by Crippen LogP contribution is -2.19. The van der Waals surface area contributed by atoms with Gasteiger partial charge in [0, 0.05) is 10.6 Å². The van der Waals surface area contributed by atoms with Crippen LogP contribution >= 0.6 is 43.5 Å². The molecule has 0 saturated heterocycles. The molecule has 0 amide bonds. The molecule has 0 saturated carbocycles. The van der Waals surface area contributed by atoms with E-state index < -0.39 is 4.83 Å². The smallest absolute Gasteiger partial charge is 0.177 e. The maximum absolute atomic E-state index is 12.9. The number of ketones is 1. The van der Waals surface area contributed by atoms with E-state index in [0.29, 0.717) is 10.6 Å². The third kappa shape index (κ3) is 3.68. The van der Waals surface area contributed by atoms with Crippen LogP contribution in [0.1, 0.15) is 20.7 Å². The number of rotatable bonds is 4. The summed E-state index contributed by atoms with van der Waals surface area (Å²) in [6, 6.07) is 12.8. The van der Waals surface area contributed by atoms with E-state index in [2.05, 4.69) is 31.9 Å². The summed E-state index contributed by atoms with van der Waals surface area (Å²) in [6.07, 6.45) is 0. The minimum atomic E-state index is -0.450. The topological polar surface area (TPSA) is 17.1 Å². The first-order valence-corrected chi connectivity index (χ1v) is 8.03. The molecule has 0 heterocycles. The highest BCUT2D eigenvalue weighted by Gasteiger charge is 2.25. The molecule has 104 valence electrons. The van der Waals surface area contributed by atoms with Gasteiger partial charge in [-0.1, -0.05) is 55.6 Å². The number of alkyl halides is 2. The largest absolute Gasteiger partial charge is 0.293 e. The molecule has 0 fully saturated rings. The molecule has 2 aromatic carbocycles. The zero-order chi connectivity index (χ0) is 14.7. The van der Waals surface area contributed by atoms with Crippen LogP contribution < -0.4 is 0 Å². The quantitative estimate of drug-likeness (QED) is 0.467. The molecule has 20 heavy (non-hydrogen) atoms. The van der Waals surface area contributed by atoms with Gasteiger partial charge in [0.2, 0.25) is 0 Å². The van der Waals surface area contributed by atoms with Crippen molar-refractivity contribution in [3.8, 4) is 0 Å². The van der Waals surface area contributed by atoms with E-state index in [1.807, 2.05) is 12.1 Å². The van der Waals surface area contributed by atoms with Crippen molar-refractivity contribution in [2.75, 3.05) is 0 Å². The Morgan fingerprint density at radius 3 is 2.10 bits per heavy atom. The van der Waals surface area contributed by atoms with Crippen LogP contribution in [0.2, 0.25) is 5.02 Å². The summed E-state index contributed by atoms with van der Waals surface area (Å²) in [5, 5.41) is 0.643. The van der Waals surface area contributed by atoms with E-state index >= 15 is 0 Å². The predicted octanol–water partition coefficient (Wildman–Crippen LogP) is 5.56. The van der Waals surface area contributed by atoms with E-state index in [9.17, 15) is 9.18 Å². The zero-order valence-electron chi connectivity index (χ0n) is 10.2. The van der Waals surface area contributed by atoms with Gasteiger partial charge >= 0.3 is 0 Å². The summed E-state index contributed by atoms with van der Waals surface area (Å²) in [5.41, 5.74) is 1.40. The van der Waals surface area contributed by atoms with Crippen LogP contribution in [0.3, 0.4) is 0 Å². The lowest BCUT2D eigenvalue weighted by atomic mass is 10.0. The molecule has 2 atom stereocenters. The second-order valence-corrected chi connectivity index (χ2v) is 6.64. The molecule has 2 aromatic rings. The fraction of sp³-hybridized carbons (Fsp3) is 0.133. The monoisotopic (exact) mass is 418 g/mol. The van der Waals surface area contributed by atoms with Gasteiger partial charge in [-0.3, -0.25) is 4.79 Å². The van der Waals surface area contributed by atoms with Crippen LogP contribution in [-0.4, -0.2) is 10.6 Å². The first-order chi connectivity index (χ1) is 9.49. The number of hydrogen-bond acceptors (Lipinski definition) is 1. The summed E-state index contributed by atoms with van der Waals surface area (Å²) in [4.78, 5) is 11.7. The predicted molar refractivity (Wildman–Crippen MR) is 86.6 cm³/mol. The van der Waals surface area contributed by atoms with Crippen LogP contribution in [-0.2, 0) is 0 Å². The van der Waals surface area contributed by atoms with Crippen molar-refractivity contribution in [1.82, 2.24) is 0 Å². The maximum Gasteiger partial charge on any atom is 0.177 e. The molecule has 5 heteroatoms. The maximum atomic E-state index is 12.9. The van der Waals surface area contributed by atoms with Gasteiger partial charge in [-0.2, -0.15) is 0 Å². The summed E-state index contributed by atoms with van der Waals surface area (Å²) in [5.74, 6) is -0.470. The Morgan fingerprint density at radius 1 is 1.00 bits per heavy atom. The first kappa shape index (κ1) is 15.7. The standard InChI is InChI=1S/C15H10Br2ClFO/c16-13(9-1-5-11(18)6-2-9)14(17)15(20)10-3-7-12(19)8-4-10/h1-8,13-14H. The highest BCUT2D eigenvalue weighted by atomic mass is 79.9. The molecule has 0 bridgehead atoms. The van der Waals surface area contributed by atoms with Gasteiger partial charge in [-0.25, -0.2) is 4.39 Å². The average Bonchev–Trinajstić information content (AvgIpc) is 2.46. The van der Waals surface area contributed by atoms with Gasteiger partial charge in [0.25, 0.3) is 0 Å². The number of benzene rings is 2. The van der Waals surface area contributed by atoms with Gasteiger partial charge in [-0.05, 0) is 42.0 Å². The molecule has 2 rings (SSSR count). The molecule has 0 aliphatic rings. The fourth-order valence-electron chi connectivity index (χ4n) is 1.72. The number of carbonyl (C=O) groups excluding carboxylic acids is 1. The minimum absolute atomic E-state index is 0.109. The van der Waals surface area contributed by atoms with E-state index in [4.69, 9.17) is 11.6 Å². The Balaban J connectivity index is 2.17. The fourth-order valence-corrected chi connectivity index (χ4v) is 2.96. The SMILES string of the molecule is O=C(c1ccc(F)cc1)C(Br)C(Br)c1ccc(Cl)cc1. The van der Waals surface area contributed by atoms with Crippen LogP contribution in [0.15, 0.2) is 48.5 Å². The number of hydrogen-bond donors (Lipinski definition) is 0. The van der Waals surface area contributed by atoms with Gasteiger partial charge < -0.3 is 0 Å². The van der Waals surface area contributed by atoms with Crippen molar-refractivity contribution in [2.24, 2.45) is 0 Å². The Bertz CT molecular complexity index is 598. The molecule has 0 aliphatic carbocycles. The van der Waals surface area contributed by atoms with Crippen LogP contribution in [0, 0.1) is 5.82 Å². The third-order valence-corrected chi connectivity index (χ3v) is 5.79. The second kappa shape index (κ2) is 6.83. The molecular formula is C15H10Br2ClFO. The van der Waals surface area contributed by atoms with Crippen molar-refractivity contribution in [1.29, 1.82) is 0 Å². The summed E-state index contributed by atoms with van der Waals surface area (Å²) in [6.45, 7) is 0. The molecule has 1 nitrogen and oxygen atoms in total. The summed E-state index contributed by atoms with van der Waals surface area (Å²) < 4.78 is 12.9. The minimum Gasteiger partial charge on any atom is -0.293 e. The van der Waals surface area contributed by atoms with Gasteiger partial charge in [0.15, 0.2) is 5.78 Å². The van der Waals surface area contributed by atoms with Crippen LogP contribution in [0.5, 0.6) is 0 Å². The number of Topliss-reactive ketones (excluding diaryl/α,β-unsaturated/α-hetero) is 1. The third-order valence-electron chi connectivity index (χ3n) is 2.82. The Hall–Kier alpha value is -0.710. The van der Waals surface area contributed by atoms with E-state index in [1.54, 1.807) is 12.1 Å². The first-order valence-electron chi connectivity index (χ1n) is 5.82. The molecule has 0 radical (unpaired) electrons. The van der Waals surface area contributed by atoms with E-state index in [0.717, 1.165) is 5.56 Å². The van der Waals surface area contributed by atoms with E-state index in [1.165, 1.54) is 24.3 Å². The van der Waals surface area contributed by atoms with Crippen molar-refractivity contribution < 1.29 is 9.18 Å². The lowest BCUT2D eigenvalue weighted by Gasteiger charge is -2.16. The Labute approximate surface area is 138 Å². The lowest BCUT2D eigenvalue weighted by molar-refractivity contribution is 0.0991. The number of carbonyl (C=O) groups is 1. The zero-order valence-corrected chi connectivity index (χ0v) is 14.1. The van der Waals surface area contributed by atoms with E-state index in [-0.39, 0.29) is 16.4 Å².